The predicted octanol–water partition coefficient (Wildman–Crippen LogP) is 3.68. The SMILES string of the molecule is Cc1cc(/C=C2/C(=O)NN(c3ccccc3)C2=O)c(C)n1C1CCCC1. The first kappa shape index (κ1) is 16.6. The third-order valence-corrected chi connectivity index (χ3v) is 5.42. The lowest BCUT2D eigenvalue weighted by Crippen LogP contribution is -2.35. The highest BCUT2D eigenvalue weighted by Crippen LogP contribution is 2.34. The summed E-state index contributed by atoms with van der Waals surface area (Å²) in [5, 5.41) is 1.31. The predicted molar refractivity (Wildman–Crippen MR) is 101 cm³/mol. The fourth-order valence-corrected chi connectivity index (χ4v) is 4.14. The van der Waals surface area contributed by atoms with Gasteiger partial charge in [-0.3, -0.25) is 15.0 Å². The van der Waals surface area contributed by atoms with Gasteiger partial charge in [0.1, 0.15) is 5.57 Å². The summed E-state index contributed by atoms with van der Waals surface area (Å²) in [5.41, 5.74) is 6.75. The number of carbonyl (C=O) groups is 2. The van der Waals surface area contributed by atoms with Crippen molar-refractivity contribution in [1.82, 2.24) is 9.99 Å². The normalized spacial score (nSPS) is 19.6. The molecule has 1 N–H and O–H groups in total. The van der Waals surface area contributed by atoms with E-state index in [1.807, 2.05) is 18.2 Å². The van der Waals surface area contributed by atoms with Crippen molar-refractivity contribution in [3.63, 3.8) is 0 Å². The van der Waals surface area contributed by atoms with E-state index in [1.54, 1.807) is 18.2 Å². The Balaban J connectivity index is 1.67. The van der Waals surface area contributed by atoms with Crippen molar-refractivity contribution in [2.45, 2.75) is 45.6 Å². The molecular formula is C21H23N3O2. The number of para-hydroxylation sites is 1. The third-order valence-electron chi connectivity index (χ3n) is 5.42. The number of nitrogens with one attached hydrogen (secondary N) is 1. The van der Waals surface area contributed by atoms with Crippen LogP contribution in [-0.4, -0.2) is 16.4 Å². The molecule has 0 atom stereocenters. The quantitative estimate of drug-likeness (QED) is 0.679. The molecule has 5 heteroatoms. The number of hydrogen-bond donors (Lipinski definition) is 1. The van der Waals surface area contributed by atoms with Gasteiger partial charge in [-0.05, 0) is 56.5 Å². The summed E-state index contributed by atoms with van der Waals surface area (Å²) in [6, 6.07) is 11.8. The van der Waals surface area contributed by atoms with Gasteiger partial charge < -0.3 is 4.57 Å². The highest BCUT2D eigenvalue weighted by Gasteiger charge is 2.34. The second kappa shape index (κ2) is 6.48. The fourth-order valence-electron chi connectivity index (χ4n) is 4.14. The van der Waals surface area contributed by atoms with E-state index in [4.69, 9.17) is 0 Å². The molecule has 26 heavy (non-hydrogen) atoms. The summed E-state index contributed by atoms with van der Waals surface area (Å²) in [5.74, 6) is -0.670. The fraction of sp³-hybridized carbons (Fsp3) is 0.333. The zero-order valence-electron chi connectivity index (χ0n) is 15.2. The Morgan fingerprint density at radius 3 is 2.46 bits per heavy atom. The molecule has 4 rings (SSSR count). The van der Waals surface area contributed by atoms with Crippen LogP contribution in [0.4, 0.5) is 5.69 Å². The van der Waals surface area contributed by atoms with Gasteiger partial charge in [0.2, 0.25) is 0 Å². The number of aryl methyl sites for hydroxylation is 1. The van der Waals surface area contributed by atoms with E-state index < -0.39 is 0 Å². The average Bonchev–Trinajstić information content (AvgIpc) is 3.32. The molecule has 1 aromatic heterocycles. The van der Waals surface area contributed by atoms with E-state index in [1.165, 1.54) is 36.4 Å². The maximum atomic E-state index is 12.7. The number of carbonyl (C=O) groups excluding carboxylic acids is 2. The van der Waals surface area contributed by atoms with Crippen molar-refractivity contribution in [1.29, 1.82) is 0 Å². The lowest BCUT2D eigenvalue weighted by Gasteiger charge is -2.17. The minimum atomic E-state index is -0.357. The molecule has 134 valence electrons. The third kappa shape index (κ3) is 2.73. The summed E-state index contributed by atoms with van der Waals surface area (Å²) in [6.07, 6.45) is 6.67. The lowest BCUT2D eigenvalue weighted by atomic mass is 10.1. The number of rotatable bonds is 3. The minimum absolute atomic E-state index is 0.181. The average molecular weight is 349 g/mol. The van der Waals surface area contributed by atoms with Gasteiger partial charge in [0.05, 0.1) is 5.69 Å². The van der Waals surface area contributed by atoms with Gasteiger partial charge in [-0.1, -0.05) is 31.0 Å². The monoisotopic (exact) mass is 349 g/mol. The van der Waals surface area contributed by atoms with Crippen LogP contribution < -0.4 is 10.4 Å². The molecule has 5 nitrogen and oxygen atoms in total. The largest absolute Gasteiger partial charge is 0.346 e. The van der Waals surface area contributed by atoms with E-state index in [0.717, 1.165) is 11.3 Å². The van der Waals surface area contributed by atoms with Crippen LogP contribution in [0.25, 0.3) is 6.08 Å². The standard InChI is InChI=1S/C21H23N3O2/c1-14-12-16(15(2)23(14)17-8-6-7-9-17)13-19-20(25)22-24(21(19)26)18-10-4-3-5-11-18/h3-5,10-13,17H,6-9H2,1-2H3,(H,22,25)/b19-13-. The van der Waals surface area contributed by atoms with Crippen LogP contribution in [-0.2, 0) is 9.59 Å². The Labute approximate surface area is 153 Å². The van der Waals surface area contributed by atoms with Gasteiger partial charge in [0, 0.05) is 17.4 Å². The molecule has 0 spiro atoms. The molecular weight excluding hydrogens is 326 g/mol. The first-order chi connectivity index (χ1) is 12.6. The number of anilines is 1. The smallest absolute Gasteiger partial charge is 0.282 e. The van der Waals surface area contributed by atoms with Gasteiger partial charge >= 0.3 is 0 Å². The molecule has 2 fully saturated rings. The van der Waals surface area contributed by atoms with E-state index in [9.17, 15) is 9.59 Å². The van der Waals surface area contributed by atoms with Gasteiger partial charge in [0.25, 0.3) is 11.8 Å². The molecule has 2 aromatic rings. The number of amides is 2. The number of hydrogen-bond acceptors (Lipinski definition) is 2. The molecule has 0 unspecified atom stereocenters. The van der Waals surface area contributed by atoms with Crippen molar-refractivity contribution in [2.24, 2.45) is 0 Å². The van der Waals surface area contributed by atoms with Crippen LogP contribution in [0.5, 0.6) is 0 Å². The van der Waals surface area contributed by atoms with Gasteiger partial charge in [0.15, 0.2) is 0 Å². The van der Waals surface area contributed by atoms with Crippen LogP contribution in [0.1, 0.15) is 48.7 Å². The molecule has 0 bridgehead atoms. The Morgan fingerprint density at radius 2 is 1.77 bits per heavy atom. The second-order valence-corrected chi connectivity index (χ2v) is 7.11. The first-order valence-electron chi connectivity index (χ1n) is 9.17. The van der Waals surface area contributed by atoms with Crippen LogP contribution in [0, 0.1) is 13.8 Å². The first-order valence-corrected chi connectivity index (χ1v) is 9.17. The number of benzene rings is 1. The van der Waals surface area contributed by atoms with Crippen molar-refractivity contribution < 1.29 is 9.59 Å². The summed E-state index contributed by atoms with van der Waals surface area (Å²) >= 11 is 0. The molecule has 1 saturated carbocycles. The Hall–Kier alpha value is -2.82. The maximum absolute atomic E-state index is 12.7. The van der Waals surface area contributed by atoms with Gasteiger partial charge in [-0.25, -0.2) is 5.01 Å². The highest BCUT2D eigenvalue weighted by molar-refractivity contribution is 6.31. The molecule has 1 aliphatic heterocycles. The summed E-state index contributed by atoms with van der Waals surface area (Å²) < 4.78 is 2.37. The van der Waals surface area contributed by atoms with E-state index in [0.29, 0.717) is 11.7 Å². The summed E-state index contributed by atoms with van der Waals surface area (Å²) in [6.45, 7) is 4.17. The number of aromatic nitrogens is 1. The van der Waals surface area contributed by atoms with Crippen molar-refractivity contribution in [2.75, 3.05) is 5.01 Å². The van der Waals surface area contributed by atoms with Crippen LogP contribution in [0.2, 0.25) is 0 Å². The van der Waals surface area contributed by atoms with E-state index in [2.05, 4.69) is 29.9 Å². The zero-order chi connectivity index (χ0) is 18.3. The topological polar surface area (TPSA) is 54.3 Å². The zero-order valence-corrected chi connectivity index (χ0v) is 15.2. The Morgan fingerprint density at radius 1 is 1.08 bits per heavy atom. The van der Waals surface area contributed by atoms with Crippen LogP contribution in [0.3, 0.4) is 0 Å². The van der Waals surface area contributed by atoms with Crippen molar-refractivity contribution in [3.8, 4) is 0 Å². The van der Waals surface area contributed by atoms with E-state index >= 15 is 0 Å². The Kier molecular flexibility index (Phi) is 4.15. The van der Waals surface area contributed by atoms with E-state index in [-0.39, 0.29) is 17.4 Å². The molecule has 2 aliphatic rings. The number of hydrazine groups is 1. The Bertz CT molecular complexity index is 889. The maximum Gasteiger partial charge on any atom is 0.282 e. The molecule has 2 heterocycles. The molecule has 1 aromatic carbocycles. The van der Waals surface area contributed by atoms with Gasteiger partial charge in [-0.2, -0.15) is 0 Å². The molecule has 0 radical (unpaired) electrons. The molecule has 1 aliphatic carbocycles. The summed E-state index contributed by atoms with van der Waals surface area (Å²) in [4.78, 5) is 25.1. The molecule has 1 saturated heterocycles. The van der Waals surface area contributed by atoms with Crippen LogP contribution >= 0.6 is 0 Å². The minimum Gasteiger partial charge on any atom is -0.346 e. The second-order valence-electron chi connectivity index (χ2n) is 7.11. The van der Waals surface area contributed by atoms with Crippen molar-refractivity contribution in [3.05, 3.63) is 58.9 Å². The highest BCUT2D eigenvalue weighted by atomic mass is 16.2. The number of nitrogens with zero attached hydrogens (tertiary/aromatic N) is 2. The lowest BCUT2D eigenvalue weighted by molar-refractivity contribution is -0.117. The molecule has 2 amide bonds. The van der Waals surface area contributed by atoms with Crippen LogP contribution in [0.15, 0.2) is 42.0 Å². The summed E-state index contributed by atoms with van der Waals surface area (Å²) in [7, 11) is 0. The van der Waals surface area contributed by atoms with Crippen molar-refractivity contribution >= 4 is 23.6 Å². The van der Waals surface area contributed by atoms with Gasteiger partial charge in [-0.15, -0.1) is 0 Å².